The van der Waals surface area contributed by atoms with Gasteiger partial charge >= 0.3 is 0 Å². The lowest BCUT2D eigenvalue weighted by Gasteiger charge is -2.33. The lowest BCUT2D eigenvalue weighted by molar-refractivity contribution is -0.118. The second kappa shape index (κ2) is 5.93. The topological polar surface area (TPSA) is 44.4 Å². The van der Waals surface area contributed by atoms with E-state index in [9.17, 15) is 9.18 Å². The molecule has 1 aromatic carbocycles. The van der Waals surface area contributed by atoms with Gasteiger partial charge in [0.15, 0.2) is 0 Å². The summed E-state index contributed by atoms with van der Waals surface area (Å²) in [4.78, 5) is 14.0. The zero-order chi connectivity index (χ0) is 13.0. The molecule has 0 saturated carbocycles. The summed E-state index contributed by atoms with van der Waals surface area (Å²) in [6.07, 6.45) is 0. The first-order chi connectivity index (χ1) is 8.65. The van der Waals surface area contributed by atoms with Crippen LogP contribution in [0.25, 0.3) is 0 Å². The Bertz CT molecular complexity index is 407. The van der Waals surface area contributed by atoms with Crippen molar-refractivity contribution >= 4 is 11.6 Å². The van der Waals surface area contributed by atoms with Crippen molar-refractivity contribution in [1.29, 1.82) is 0 Å². The predicted octanol–water partition coefficient (Wildman–Crippen LogP) is 1.06. The molecule has 4 nitrogen and oxygen atoms in total. The van der Waals surface area contributed by atoms with Crippen molar-refractivity contribution in [2.24, 2.45) is 0 Å². The Morgan fingerprint density at radius 2 is 2.22 bits per heavy atom. The number of rotatable bonds is 3. The summed E-state index contributed by atoms with van der Waals surface area (Å²) in [5.74, 6) is -0.362. The first-order valence-electron chi connectivity index (χ1n) is 6.15. The van der Waals surface area contributed by atoms with E-state index in [1.807, 2.05) is 0 Å². The van der Waals surface area contributed by atoms with Crippen molar-refractivity contribution in [3.63, 3.8) is 0 Å². The molecule has 1 aliphatic heterocycles. The molecule has 0 spiro atoms. The molecule has 1 fully saturated rings. The number of halogens is 1. The lowest BCUT2D eigenvalue weighted by atomic mass is 10.2. The Labute approximate surface area is 106 Å². The minimum Gasteiger partial charge on any atom is -0.325 e. The number of hydrogen-bond donors (Lipinski definition) is 2. The standard InChI is InChI=1S/C13H18FN3O/c1-10-8-15-6-7-17(10)9-13(18)16-12-4-2-11(14)3-5-12/h2-5,10,15H,6-9H2,1H3,(H,16,18). The summed E-state index contributed by atoms with van der Waals surface area (Å²) in [6, 6.07) is 6.16. The van der Waals surface area contributed by atoms with Crippen molar-refractivity contribution in [2.75, 3.05) is 31.5 Å². The van der Waals surface area contributed by atoms with Crippen molar-refractivity contribution in [3.05, 3.63) is 30.1 Å². The minimum absolute atomic E-state index is 0.0599. The van der Waals surface area contributed by atoms with Gasteiger partial charge in [0, 0.05) is 31.4 Å². The number of benzene rings is 1. The van der Waals surface area contributed by atoms with Gasteiger partial charge in [0.2, 0.25) is 5.91 Å². The quantitative estimate of drug-likeness (QED) is 0.844. The smallest absolute Gasteiger partial charge is 0.238 e. The molecule has 0 aliphatic carbocycles. The van der Waals surface area contributed by atoms with Gasteiger partial charge in [-0.2, -0.15) is 0 Å². The molecule has 18 heavy (non-hydrogen) atoms. The minimum atomic E-state index is -0.302. The fraction of sp³-hybridized carbons (Fsp3) is 0.462. The molecule has 5 heteroatoms. The normalized spacial score (nSPS) is 20.7. The van der Waals surface area contributed by atoms with E-state index in [2.05, 4.69) is 22.5 Å². The molecule has 1 amide bonds. The summed E-state index contributed by atoms with van der Waals surface area (Å²) >= 11 is 0. The fourth-order valence-electron chi connectivity index (χ4n) is 2.04. The number of carbonyl (C=O) groups is 1. The molecule has 98 valence electrons. The highest BCUT2D eigenvalue weighted by atomic mass is 19.1. The average molecular weight is 251 g/mol. The predicted molar refractivity (Wildman–Crippen MR) is 68.9 cm³/mol. The van der Waals surface area contributed by atoms with E-state index in [4.69, 9.17) is 0 Å². The second-order valence-corrected chi connectivity index (χ2v) is 4.58. The molecule has 1 unspecified atom stereocenters. The third-order valence-corrected chi connectivity index (χ3v) is 3.11. The summed E-state index contributed by atoms with van der Waals surface area (Å²) < 4.78 is 12.7. The third-order valence-electron chi connectivity index (χ3n) is 3.11. The summed E-state index contributed by atoms with van der Waals surface area (Å²) in [6.45, 7) is 5.16. The van der Waals surface area contributed by atoms with Gasteiger partial charge in [-0.05, 0) is 31.2 Å². The van der Waals surface area contributed by atoms with E-state index >= 15 is 0 Å². The third kappa shape index (κ3) is 3.51. The van der Waals surface area contributed by atoms with Crippen LogP contribution in [0.3, 0.4) is 0 Å². The van der Waals surface area contributed by atoms with Crippen LogP contribution in [0.4, 0.5) is 10.1 Å². The largest absolute Gasteiger partial charge is 0.325 e. The molecular formula is C13H18FN3O. The van der Waals surface area contributed by atoms with E-state index in [1.165, 1.54) is 12.1 Å². The van der Waals surface area contributed by atoms with Crippen LogP contribution in [0.15, 0.2) is 24.3 Å². The molecule has 1 saturated heterocycles. The van der Waals surface area contributed by atoms with Crippen LogP contribution >= 0.6 is 0 Å². The SMILES string of the molecule is CC1CNCCN1CC(=O)Nc1ccc(F)cc1. The van der Waals surface area contributed by atoms with Crippen molar-refractivity contribution in [2.45, 2.75) is 13.0 Å². The van der Waals surface area contributed by atoms with Crippen molar-refractivity contribution in [3.8, 4) is 0 Å². The highest BCUT2D eigenvalue weighted by Gasteiger charge is 2.20. The summed E-state index contributed by atoms with van der Waals surface area (Å²) in [7, 11) is 0. The Hall–Kier alpha value is -1.46. The molecule has 2 N–H and O–H groups in total. The van der Waals surface area contributed by atoms with Crippen LogP contribution < -0.4 is 10.6 Å². The first kappa shape index (κ1) is 13.0. The first-order valence-corrected chi connectivity index (χ1v) is 6.15. The molecule has 1 atom stereocenters. The maximum absolute atomic E-state index is 12.7. The Balaban J connectivity index is 1.86. The van der Waals surface area contributed by atoms with Crippen LogP contribution in [-0.2, 0) is 4.79 Å². The second-order valence-electron chi connectivity index (χ2n) is 4.58. The van der Waals surface area contributed by atoms with Crippen LogP contribution in [-0.4, -0.2) is 43.0 Å². The van der Waals surface area contributed by atoms with Gasteiger partial charge in [-0.3, -0.25) is 9.69 Å². The van der Waals surface area contributed by atoms with Crippen LogP contribution in [0.1, 0.15) is 6.92 Å². The summed E-state index contributed by atoms with van der Waals surface area (Å²) in [5, 5.41) is 6.05. The molecule has 1 aromatic rings. The number of anilines is 1. The molecule has 1 heterocycles. The number of carbonyl (C=O) groups excluding carboxylic acids is 1. The number of piperazine rings is 1. The number of nitrogens with one attached hydrogen (secondary N) is 2. The molecule has 0 bridgehead atoms. The Kier molecular flexibility index (Phi) is 4.28. The van der Waals surface area contributed by atoms with E-state index in [0.29, 0.717) is 18.3 Å². The molecule has 0 aromatic heterocycles. The number of nitrogens with zero attached hydrogens (tertiary/aromatic N) is 1. The van der Waals surface area contributed by atoms with Gasteiger partial charge < -0.3 is 10.6 Å². The zero-order valence-corrected chi connectivity index (χ0v) is 10.4. The van der Waals surface area contributed by atoms with E-state index in [-0.39, 0.29) is 11.7 Å². The van der Waals surface area contributed by atoms with Gasteiger partial charge in [0.05, 0.1) is 6.54 Å². The highest BCUT2D eigenvalue weighted by Crippen LogP contribution is 2.09. The van der Waals surface area contributed by atoms with E-state index < -0.39 is 0 Å². The van der Waals surface area contributed by atoms with Crippen molar-refractivity contribution in [1.82, 2.24) is 10.2 Å². The lowest BCUT2D eigenvalue weighted by Crippen LogP contribution is -2.51. The van der Waals surface area contributed by atoms with E-state index in [1.54, 1.807) is 12.1 Å². The van der Waals surface area contributed by atoms with Gasteiger partial charge in [0.25, 0.3) is 0 Å². The van der Waals surface area contributed by atoms with Crippen LogP contribution in [0.2, 0.25) is 0 Å². The van der Waals surface area contributed by atoms with Gasteiger partial charge in [-0.1, -0.05) is 0 Å². The molecular weight excluding hydrogens is 233 g/mol. The van der Waals surface area contributed by atoms with Crippen molar-refractivity contribution < 1.29 is 9.18 Å². The monoisotopic (exact) mass is 251 g/mol. The maximum Gasteiger partial charge on any atom is 0.238 e. The van der Waals surface area contributed by atoms with Gasteiger partial charge in [-0.25, -0.2) is 4.39 Å². The Morgan fingerprint density at radius 1 is 1.50 bits per heavy atom. The van der Waals surface area contributed by atoms with Gasteiger partial charge in [-0.15, -0.1) is 0 Å². The van der Waals surface area contributed by atoms with E-state index in [0.717, 1.165) is 19.6 Å². The Morgan fingerprint density at radius 3 is 2.89 bits per heavy atom. The molecule has 0 radical (unpaired) electrons. The molecule has 1 aliphatic rings. The van der Waals surface area contributed by atoms with Gasteiger partial charge in [0.1, 0.15) is 5.82 Å². The molecule has 2 rings (SSSR count). The van der Waals surface area contributed by atoms with Crippen LogP contribution in [0.5, 0.6) is 0 Å². The zero-order valence-electron chi connectivity index (χ0n) is 10.4. The maximum atomic E-state index is 12.7. The summed E-state index contributed by atoms with van der Waals surface area (Å²) in [5.41, 5.74) is 0.629. The highest BCUT2D eigenvalue weighted by molar-refractivity contribution is 5.92. The average Bonchev–Trinajstić information content (AvgIpc) is 2.35. The van der Waals surface area contributed by atoms with Crippen LogP contribution in [0, 0.1) is 5.82 Å². The number of hydrogen-bond acceptors (Lipinski definition) is 3. The number of amides is 1. The fourth-order valence-corrected chi connectivity index (χ4v) is 2.04.